The van der Waals surface area contributed by atoms with Gasteiger partial charge in [-0.1, -0.05) is 24.3 Å². The van der Waals surface area contributed by atoms with Crippen LogP contribution in [0.5, 0.6) is 0 Å². The lowest BCUT2D eigenvalue weighted by molar-refractivity contribution is 0.0976. The van der Waals surface area contributed by atoms with Crippen LogP contribution in [-0.4, -0.2) is 37.5 Å². The van der Waals surface area contributed by atoms with Crippen molar-refractivity contribution in [2.75, 3.05) is 17.2 Å². The number of H-pyrrole nitrogens is 1. The first-order chi connectivity index (χ1) is 18.4. The Bertz CT molecular complexity index is 1610. The fourth-order valence-corrected chi connectivity index (χ4v) is 5.05. The summed E-state index contributed by atoms with van der Waals surface area (Å²) in [7, 11) is 0. The normalized spacial score (nSPS) is 15.0. The summed E-state index contributed by atoms with van der Waals surface area (Å²) >= 11 is 0. The van der Waals surface area contributed by atoms with E-state index in [4.69, 9.17) is 5.73 Å². The second-order valence-electron chi connectivity index (χ2n) is 9.65. The maximum absolute atomic E-state index is 15.1. The number of nitrogens with one attached hydrogen (secondary N) is 1. The van der Waals surface area contributed by atoms with Crippen LogP contribution in [0.25, 0.3) is 11.4 Å². The molecule has 4 N–H and O–H groups in total. The number of aliphatic hydroxyl groups is 1. The van der Waals surface area contributed by atoms with Crippen LogP contribution < -0.4 is 16.2 Å². The Morgan fingerprint density at radius 1 is 1.11 bits per heavy atom. The van der Waals surface area contributed by atoms with E-state index in [9.17, 15) is 14.7 Å². The van der Waals surface area contributed by atoms with Gasteiger partial charge < -0.3 is 20.7 Å². The molecule has 4 aromatic rings. The number of aromatic nitrogens is 4. The molecule has 38 heavy (non-hydrogen) atoms. The number of hydrogen-bond donors (Lipinski definition) is 3. The van der Waals surface area contributed by atoms with Gasteiger partial charge in [-0.2, -0.15) is 9.97 Å². The van der Waals surface area contributed by atoms with E-state index < -0.39 is 18.3 Å². The molecule has 6 rings (SSSR count). The molecule has 1 saturated carbocycles. The van der Waals surface area contributed by atoms with Gasteiger partial charge in [0.05, 0.1) is 17.9 Å². The van der Waals surface area contributed by atoms with Crippen LogP contribution in [-0.2, 0) is 19.4 Å². The highest BCUT2D eigenvalue weighted by Crippen LogP contribution is 2.42. The van der Waals surface area contributed by atoms with Crippen LogP contribution in [0.1, 0.15) is 57.2 Å². The SMILES string of the molecule is Nc1nc(Cc2ccc(=O)[nH]c2)nc(-c2cccc(N3CCc4cc(C5CC5)cc(F)c4C3=O)c2CO)n1. The standard InChI is InChI=1S/C28H25FN6O3/c29-21-12-18(16-5-6-16)11-17-8-9-35(27(38)25(17)21)22-3-1-2-19(20(22)14-36)26-32-23(33-28(30)34-26)10-15-4-7-24(37)31-13-15/h1-4,7,11-13,16,36H,5-6,8-10,14H2,(H,31,37)(H2,30,32,33,34). The molecule has 1 amide bonds. The topological polar surface area (TPSA) is 138 Å². The minimum atomic E-state index is -0.502. The monoisotopic (exact) mass is 512 g/mol. The van der Waals surface area contributed by atoms with Crippen molar-refractivity contribution in [3.63, 3.8) is 0 Å². The number of nitrogens with zero attached hydrogens (tertiary/aromatic N) is 4. The van der Waals surface area contributed by atoms with Gasteiger partial charge in [-0.3, -0.25) is 9.59 Å². The van der Waals surface area contributed by atoms with Gasteiger partial charge in [0.2, 0.25) is 11.5 Å². The number of anilines is 2. The molecule has 2 aliphatic rings. The van der Waals surface area contributed by atoms with E-state index in [2.05, 4.69) is 19.9 Å². The largest absolute Gasteiger partial charge is 0.392 e. The van der Waals surface area contributed by atoms with Crippen LogP contribution in [0.4, 0.5) is 16.0 Å². The number of nitrogen functional groups attached to an aromatic ring is 1. The smallest absolute Gasteiger partial charge is 0.261 e. The molecule has 2 aromatic heterocycles. The number of aromatic amines is 1. The number of aliphatic hydroxyl groups excluding tert-OH is 1. The number of carbonyl (C=O) groups excluding carboxylic acids is 1. The number of halogens is 1. The van der Waals surface area contributed by atoms with Gasteiger partial charge in [-0.05, 0) is 54.0 Å². The fourth-order valence-electron chi connectivity index (χ4n) is 5.05. The Hall–Kier alpha value is -4.44. The summed E-state index contributed by atoms with van der Waals surface area (Å²) < 4.78 is 15.1. The average Bonchev–Trinajstić information content (AvgIpc) is 3.75. The first kappa shape index (κ1) is 23.9. The molecule has 0 spiro atoms. The van der Waals surface area contributed by atoms with E-state index in [0.29, 0.717) is 47.9 Å². The van der Waals surface area contributed by atoms with E-state index in [1.807, 2.05) is 6.07 Å². The lowest BCUT2D eigenvalue weighted by Crippen LogP contribution is -2.39. The first-order valence-corrected chi connectivity index (χ1v) is 12.5. The molecule has 0 bridgehead atoms. The average molecular weight is 513 g/mol. The first-order valence-electron chi connectivity index (χ1n) is 12.5. The van der Waals surface area contributed by atoms with Crippen LogP contribution >= 0.6 is 0 Å². The van der Waals surface area contributed by atoms with Crippen LogP contribution in [0.3, 0.4) is 0 Å². The summed E-state index contributed by atoms with van der Waals surface area (Å²) in [5.74, 6) is 0.0748. The molecule has 1 aliphatic heterocycles. The van der Waals surface area contributed by atoms with Crippen LogP contribution in [0.15, 0.2) is 53.5 Å². The van der Waals surface area contributed by atoms with Crippen molar-refractivity contribution in [1.82, 2.24) is 19.9 Å². The highest BCUT2D eigenvalue weighted by atomic mass is 19.1. The van der Waals surface area contributed by atoms with Crippen molar-refractivity contribution >= 4 is 17.5 Å². The third-order valence-electron chi connectivity index (χ3n) is 7.06. The zero-order chi connectivity index (χ0) is 26.4. The number of carbonyl (C=O) groups is 1. The number of fused-ring (bicyclic) bond motifs is 1. The number of pyridine rings is 1. The predicted octanol–water partition coefficient (Wildman–Crippen LogP) is 3.11. The maximum Gasteiger partial charge on any atom is 0.261 e. The lowest BCUT2D eigenvalue weighted by atomic mass is 9.93. The third-order valence-corrected chi connectivity index (χ3v) is 7.06. The molecule has 3 heterocycles. The van der Waals surface area contributed by atoms with Crippen LogP contribution in [0.2, 0.25) is 0 Å². The van der Waals surface area contributed by atoms with E-state index >= 15 is 4.39 Å². The highest BCUT2D eigenvalue weighted by Gasteiger charge is 2.33. The molecule has 192 valence electrons. The molecular weight excluding hydrogens is 487 g/mol. The van der Waals surface area contributed by atoms with Gasteiger partial charge in [0.25, 0.3) is 5.91 Å². The molecule has 1 fully saturated rings. The lowest BCUT2D eigenvalue weighted by Gasteiger charge is -2.31. The van der Waals surface area contributed by atoms with Crippen molar-refractivity contribution in [3.05, 3.63) is 98.5 Å². The van der Waals surface area contributed by atoms with E-state index in [1.165, 1.54) is 17.0 Å². The Labute approximate surface area is 217 Å². The molecule has 0 radical (unpaired) electrons. The van der Waals surface area contributed by atoms with Gasteiger partial charge in [0.1, 0.15) is 11.6 Å². The van der Waals surface area contributed by atoms with Crippen molar-refractivity contribution < 1.29 is 14.3 Å². The minimum Gasteiger partial charge on any atom is -0.392 e. The molecule has 0 saturated heterocycles. The minimum absolute atomic E-state index is 0.000215. The van der Waals surface area contributed by atoms with Gasteiger partial charge in [-0.15, -0.1) is 0 Å². The maximum atomic E-state index is 15.1. The zero-order valence-electron chi connectivity index (χ0n) is 20.4. The van der Waals surface area contributed by atoms with Crippen molar-refractivity contribution in [2.24, 2.45) is 0 Å². The molecule has 10 heteroatoms. The summed E-state index contributed by atoms with van der Waals surface area (Å²) in [5, 5.41) is 10.4. The highest BCUT2D eigenvalue weighted by molar-refractivity contribution is 6.09. The zero-order valence-corrected chi connectivity index (χ0v) is 20.4. The number of rotatable bonds is 6. The second kappa shape index (κ2) is 9.46. The molecule has 1 aliphatic carbocycles. The molecule has 0 unspecified atom stereocenters. The quantitative estimate of drug-likeness (QED) is 0.361. The Kier molecular flexibility index (Phi) is 5.96. The fraction of sp³-hybridized carbons (Fsp3) is 0.250. The summed E-state index contributed by atoms with van der Waals surface area (Å²) in [4.78, 5) is 42.0. The van der Waals surface area contributed by atoms with Crippen molar-refractivity contribution in [2.45, 2.75) is 38.2 Å². The van der Waals surface area contributed by atoms with Gasteiger partial charge in [0, 0.05) is 36.4 Å². The van der Waals surface area contributed by atoms with Crippen molar-refractivity contribution in [1.29, 1.82) is 0 Å². The molecule has 9 nitrogen and oxygen atoms in total. The Balaban J connectivity index is 1.36. The number of amides is 1. The van der Waals surface area contributed by atoms with E-state index in [-0.39, 0.29) is 22.9 Å². The summed E-state index contributed by atoms with van der Waals surface area (Å²) in [6, 6.07) is 11.7. The third kappa shape index (κ3) is 4.43. The van der Waals surface area contributed by atoms with Gasteiger partial charge in [-0.25, -0.2) is 9.37 Å². The number of hydrogen-bond acceptors (Lipinski definition) is 7. The van der Waals surface area contributed by atoms with Gasteiger partial charge in [0.15, 0.2) is 5.82 Å². The molecular formula is C28H25FN6O3. The second-order valence-corrected chi connectivity index (χ2v) is 9.65. The van der Waals surface area contributed by atoms with E-state index in [1.54, 1.807) is 30.5 Å². The number of nitrogens with two attached hydrogens (primary N) is 1. The summed E-state index contributed by atoms with van der Waals surface area (Å²) in [6.45, 7) is -0.0429. The molecule has 2 aromatic carbocycles. The van der Waals surface area contributed by atoms with Gasteiger partial charge >= 0.3 is 0 Å². The summed E-state index contributed by atoms with van der Waals surface area (Å²) in [6.07, 6.45) is 4.50. The van der Waals surface area contributed by atoms with Crippen molar-refractivity contribution in [3.8, 4) is 11.4 Å². The van der Waals surface area contributed by atoms with E-state index in [0.717, 1.165) is 29.5 Å². The Morgan fingerprint density at radius 3 is 2.68 bits per heavy atom. The number of benzene rings is 2. The molecule has 0 atom stereocenters. The predicted molar refractivity (Wildman–Crippen MR) is 139 cm³/mol. The summed E-state index contributed by atoms with van der Waals surface area (Å²) in [5.41, 5.74) is 9.72. The Morgan fingerprint density at radius 2 is 1.95 bits per heavy atom. The van der Waals surface area contributed by atoms with Crippen LogP contribution in [0, 0.1) is 5.82 Å².